The van der Waals surface area contributed by atoms with E-state index in [0.717, 1.165) is 5.56 Å². The molecule has 0 saturated carbocycles. The average Bonchev–Trinajstić information content (AvgIpc) is 2.69. The topological polar surface area (TPSA) is 66.5 Å². The highest BCUT2D eigenvalue weighted by molar-refractivity contribution is 7.89. The normalized spacial score (nSPS) is 18.0. The Bertz CT molecular complexity index is 965. The van der Waals surface area contributed by atoms with Gasteiger partial charge in [-0.1, -0.05) is 46.9 Å². The van der Waals surface area contributed by atoms with Gasteiger partial charge in [0.15, 0.2) is 0 Å². The second-order valence-electron chi connectivity index (χ2n) is 6.62. The molecule has 5 nitrogen and oxygen atoms in total. The Morgan fingerprint density at radius 3 is 2.46 bits per heavy atom. The number of halogens is 3. The van der Waals surface area contributed by atoms with Crippen molar-refractivity contribution < 1.29 is 13.2 Å². The third-order valence-electron chi connectivity index (χ3n) is 4.65. The lowest BCUT2D eigenvalue weighted by Gasteiger charge is -2.31. The second kappa shape index (κ2) is 9.01. The fourth-order valence-corrected chi connectivity index (χ4v) is 5.51. The molecular formula is C19H19Cl3N2O3S. The van der Waals surface area contributed by atoms with Gasteiger partial charge in [0, 0.05) is 29.7 Å². The Kier molecular flexibility index (Phi) is 6.89. The van der Waals surface area contributed by atoms with E-state index in [-0.39, 0.29) is 27.4 Å². The number of amides is 1. The number of benzene rings is 2. The van der Waals surface area contributed by atoms with Crippen molar-refractivity contribution in [1.82, 2.24) is 9.62 Å². The number of piperidine rings is 1. The molecule has 0 bridgehead atoms. The molecule has 2 aromatic rings. The molecule has 1 N–H and O–H groups in total. The van der Waals surface area contributed by atoms with Gasteiger partial charge in [-0.05, 0) is 48.7 Å². The van der Waals surface area contributed by atoms with Gasteiger partial charge in [0.05, 0.1) is 10.9 Å². The van der Waals surface area contributed by atoms with Gasteiger partial charge in [0.25, 0.3) is 0 Å². The van der Waals surface area contributed by atoms with Gasteiger partial charge in [-0.25, -0.2) is 8.42 Å². The molecule has 9 heteroatoms. The van der Waals surface area contributed by atoms with Crippen LogP contribution in [0.2, 0.25) is 15.1 Å². The number of carbonyl (C=O) groups is 1. The van der Waals surface area contributed by atoms with Crippen LogP contribution in [-0.4, -0.2) is 31.7 Å². The lowest BCUT2D eigenvalue weighted by atomic mass is 9.99. The van der Waals surface area contributed by atoms with Gasteiger partial charge in [-0.2, -0.15) is 4.31 Å². The van der Waals surface area contributed by atoms with Gasteiger partial charge in [-0.15, -0.1) is 0 Å². The number of rotatable bonds is 5. The Balaban J connectivity index is 1.68. The first kappa shape index (κ1) is 21.4. The minimum atomic E-state index is -3.83. The first-order valence-corrected chi connectivity index (χ1v) is 11.3. The van der Waals surface area contributed by atoms with E-state index >= 15 is 0 Å². The molecule has 28 heavy (non-hydrogen) atoms. The molecule has 1 heterocycles. The van der Waals surface area contributed by atoms with Crippen LogP contribution in [-0.2, 0) is 21.4 Å². The molecule has 1 atom stereocenters. The molecule has 0 unspecified atom stereocenters. The zero-order chi connectivity index (χ0) is 20.3. The van der Waals surface area contributed by atoms with E-state index < -0.39 is 15.9 Å². The van der Waals surface area contributed by atoms with Gasteiger partial charge in [0.2, 0.25) is 15.9 Å². The van der Waals surface area contributed by atoms with Gasteiger partial charge in [-0.3, -0.25) is 4.79 Å². The Morgan fingerprint density at radius 2 is 1.75 bits per heavy atom. The maximum absolute atomic E-state index is 13.0. The van der Waals surface area contributed by atoms with Gasteiger partial charge >= 0.3 is 0 Å². The summed E-state index contributed by atoms with van der Waals surface area (Å²) in [4.78, 5) is 12.5. The van der Waals surface area contributed by atoms with Crippen LogP contribution in [0, 0.1) is 5.92 Å². The van der Waals surface area contributed by atoms with E-state index in [2.05, 4.69) is 5.32 Å². The fourth-order valence-electron chi connectivity index (χ4n) is 3.12. The van der Waals surface area contributed by atoms with E-state index in [4.69, 9.17) is 34.8 Å². The molecule has 0 aliphatic carbocycles. The van der Waals surface area contributed by atoms with Crippen molar-refractivity contribution in [1.29, 1.82) is 0 Å². The monoisotopic (exact) mass is 460 g/mol. The predicted molar refractivity (Wildman–Crippen MR) is 111 cm³/mol. The van der Waals surface area contributed by atoms with Crippen molar-refractivity contribution in [3.05, 3.63) is 63.1 Å². The minimum absolute atomic E-state index is 0.0381. The third kappa shape index (κ3) is 4.99. The van der Waals surface area contributed by atoms with Crippen molar-refractivity contribution in [3.63, 3.8) is 0 Å². The highest BCUT2D eigenvalue weighted by Crippen LogP contribution is 2.30. The van der Waals surface area contributed by atoms with E-state index in [0.29, 0.717) is 31.0 Å². The van der Waals surface area contributed by atoms with Crippen LogP contribution < -0.4 is 5.32 Å². The van der Waals surface area contributed by atoms with Crippen LogP contribution in [0.4, 0.5) is 0 Å². The average molecular weight is 462 g/mol. The van der Waals surface area contributed by atoms with Crippen molar-refractivity contribution in [2.24, 2.45) is 5.92 Å². The summed E-state index contributed by atoms with van der Waals surface area (Å²) < 4.78 is 27.3. The molecule has 1 fully saturated rings. The highest BCUT2D eigenvalue weighted by atomic mass is 35.5. The summed E-state index contributed by atoms with van der Waals surface area (Å²) in [5, 5.41) is 3.90. The van der Waals surface area contributed by atoms with Crippen LogP contribution in [0.15, 0.2) is 47.4 Å². The van der Waals surface area contributed by atoms with E-state index in [9.17, 15) is 13.2 Å². The summed E-state index contributed by atoms with van der Waals surface area (Å²) in [7, 11) is -3.83. The predicted octanol–water partition coefficient (Wildman–Crippen LogP) is 4.36. The summed E-state index contributed by atoms with van der Waals surface area (Å²) in [5.41, 5.74) is 0.920. The molecule has 150 valence electrons. The summed E-state index contributed by atoms with van der Waals surface area (Å²) in [6.45, 7) is 0.809. The number of nitrogens with zero attached hydrogens (tertiary/aromatic N) is 1. The van der Waals surface area contributed by atoms with Crippen LogP contribution in [0.5, 0.6) is 0 Å². The fraction of sp³-hybridized carbons (Fsp3) is 0.316. The Morgan fingerprint density at radius 1 is 1.07 bits per heavy atom. The molecule has 1 aliphatic rings. The molecule has 0 radical (unpaired) electrons. The zero-order valence-corrected chi connectivity index (χ0v) is 18.0. The van der Waals surface area contributed by atoms with Crippen molar-refractivity contribution >= 4 is 50.7 Å². The van der Waals surface area contributed by atoms with Gasteiger partial charge < -0.3 is 5.32 Å². The number of hydrogen-bond donors (Lipinski definition) is 1. The van der Waals surface area contributed by atoms with Crippen molar-refractivity contribution in [2.75, 3.05) is 13.1 Å². The molecular weight excluding hydrogens is 443 g/mol. The first-order chi connectivity index (χ1) is 13.3. The minimum Gasteiger partial charge on any atom is -0.352 e. The zero-order valence-electron chi connectivity index (χ0n) is 14.9. The Hall–Kier alpha value is -1.31. The molecule has 3 rings (SSSR count). The largest absolute Gasteiger partial charge is 0.352 e. The molecule has 1 saturated heterocycles. The quantitative estimate of drug-likeness (QED) is 0.719. The number of nitrogens with one attached hydrogen (secondary N) is 1. The lowest BCUT2D eigenvalue weighted by Crippen LogP contribution is -2.45. The van der Waals surface area contributed by atoms with Crippen LogP contribution in [0.3, 0.4) is 0 Å². The van der Waals surface area contributed by atoms with E-state index in [1.54, 1.807) is 12.1 Å². The van der Waals surface area contributed by atoms with Crippen LogP contribution in [0.1, 0.15) is 18.4 Å². The first-order valence-electron chi connectivity index (χ1n) is 8.75. The summed E-state index contributed by atoms with van der Waals surface area (Å²) in [6.07, 6.45) is 1.22. The van der Waals surface area contributed by atoms with Crippen LogP contribution in [0.25, 0.3) is 0 Å². The molecule has 0 spiro atoms. The summed E-state index contributed by atoms with van der Waals surface area (Å²) >= 11 is 17.9. The number of carbonyl (C=O) groups excluding carboxylic acids is 1. The molecule has 2 aromatic carbocycles. The molecule has 0 aromatic heterocycles. The van der Waals surface area contributed by atoms with Crippen LogP contribution >= 0.6 is 34.8 Å². The van der Waals surface area contributed by atoms with E-state index in [1.165, 1.54) is 22.5 Å². The number of hydrogen-bond acceptors (Lipinski definition) is 3. The van der Waals surface area contributed by atoms with Gasteiger partial charge in [0.1, 0.15) is 4.90 Å². The molecule has 1 amide bonds. The highest BCUT2D eigenvalue weighted by Gasteiger charge is 2.34. The molecule has 1 aliphatic heterocycles. The standard InChI is InChI=1S/C19H19Cl3N2O3S/c20-15-5-3-13(4-6-15)11-23-19(25)14-2-1-9-24(12-14)28(26,27)18-10-16(21)7-8-17(18)22/h3-8,10,14H,1-2,9,11-12H2,(H,23,25)/t14-/m1/s1. The maximum atomic E-state index is 13.0. The second-order valence-corrected chi connectivity index (χ2v) is 9.81. The lowest BCUT2D eigenvalue weighted by molar-refractivity contribution is -0.126. The van der Waals surface area contributed by atoms with Crippen molar-refractivity contribution in [2.45, 2.75) is 24.3 Å². The van der Waals surface area contributed by atoms with E-state index in [1.807, 2.05) is 12.1 Å². The van der Waals surface area contributed by atoms with Crippen molar-refractivity contribution in [3.8, 4) is 0 Å². The summed E-state index contributed by atoms with van der Waals surface area (Å²) in [5.74, 6) is -0.596. The smallest absolute Gasteiger partial charge is 0.244 e. The SMILES string of the molecule is O=C(NCc1ccc(Cl)cc1)[C@@H]1CCCN(S(=O)(=O)c2cc(Cl)ccc2Cl)C1. The summed E-state index contributed by atoms with van der Waals surface area (Å²) in [6, 6.07) is 11.5. The number of sulfonamides is 1. The Labute approximate surface area is 179 Å². The maximum Gasteiger partial charge on any atom is 0.244 e. The third-order valence-corrected chi connectivity index (χ3v) is 7.48.